The summed E-state index contributed by atoms with van der Waals surface area (Å²) in [5.41, 5.74) is 2.98. The number of aromatic hydroxyl groups is 1. The molecule has 2 aromatic carbocycles. The Labute approximate surface area is 106 Å². The Hall–Kier alpha value is -2.35. The van der Waals surface area contributed by atoms with Crippen LogP contribution in [0.3, 0.4) is 0 Å². The number of phenolic OH excluding ortho intramolecular Hbond substituents is 1. The zero-order chi connectivity index (χ0) is 12.8. The monoisotopic (exact) mass is 238 g/mol. The number of aldehydes is 1. The number of hydrogen-bond acceptors (Lipinski definition) is 2. The summed E-state index contributed by atoms with van der Waals surface area (Å²) in [6.45, 7) is 0. The van der Waals surface area contributed by atoms with Gasteiger partial charge in [-0.2, -0.15) is 0 Å². The Morgan fingerprint density at radius 2 is 1.78 bits per heavy atom. The minimum Gasteiger partial charge on any atom is -0.507 e. The summed E-state index contributed by atoms with van der Waals surface area (Å²) in [5, 5.41) is 9.66. The number of allylic oxidation sites excluding steroid dienone is 1. The maximum atomic E-state index is 10.3. The second-order valence-corrected chi connectivity index (χ2v) is 4.05. The molecule has 0 aliphatic carbocycles. The van der Waals surface area contributed by atoms with Crippen molar-refractivity contribution < 1.29 is 9.90 Å². The van der Waals surface area contributed by atoms with E-state index >= 15 is 0 Å². The van der Waals surface area contributed by atoms with Crippen LogP contribution in [0.25, 0.3) is 6.08 Å². The Balaban J connectivity index is 2.24. The van der Waals surface area contributed by atoms with Crippen molar-refractivity contribution in [3.05, 3.63) is 71.3 Å². The molecule has 2 heteroatoms. The van der Waals surface area contributed by atoms with Crippen LogP contribution < -0.4 is 0 Å². The fourth-order valence-electron chi connectivity index (χ4n) is 1.82. The van der Waals surface area contributed by atoms with E-state index in [9.17, 15) is 9.90 Å². The van der Waals surface area contributed by atoms with Gasteiger partial charge in [0.05, 0.1) is 0 Å². The van der Waals surface area contributed by atoms with Gasteiger partial charge < -0.3 is 5.11 Å². The molecule has 2 rings (SSSR count). The summed E-state index contributed by atoms with van der Waals surface area (Å²) in [5.74, 6) is 0.185. The molecule has 0 saturated carbocycles. The lowest BCUT2D eigenvalue weighted by Crippen LogP contribution is -1.88. The van der Waals surface area contributed by atoms with Crippen LogP contribution in [0.4, 0.5) is 0 Å². The first kappa shape index (κ1) is 12.1. The molecule has 0 heterocycles. The van der Waals surface area contributed by atoms with E-state index in [1.807, 2.05) is 30.3 Å². The molecule has 0 aliphatic rings. The van der Waals surface area contributed by atoms with Gasteiger partial charge in [-0.05, 0) is 41.8 Å². The number of rotatable bonds is 4. The molecule has 0 atom stereocenters. The van der Waals surface area contributed by atoms with Crippen molar-refractivity contribution in [2.75, 3.05) is 0 Å². The molecular weight excluding hydrogens is 224 g/mol. The molecule has 18 heavy (non-hydrogen) atoms. The van der Waals surface area contributed by atoms with Gasteiger partial charge in [0.1, 0.15) is 12.0 Å². The third-order valence-electron chi connectivity index (χ3n) is 2.70. The lowest BCUT2D eigenvalue weighted by atomic mass is 10.0. The Morgan fingerprint density at radius 1 is 1.00 bits per heavy atom. The van der Waals surface area contributed by atoms with E-state index in [1.165, 1.54) is 11.6 Å². The van der Waals surface area contributed by atoms with Crippen molar-refractivity contribution in [1.29, 1.82) is 0 Å². The van der Waals surface area contributed by atoms with E-state index in [0.29, 0.717) is 11.8 Å². The van der Waals surface area contributed by atoms with Crippen molar-refractivity contribution >= 4 is 12.4 Å². The Bertz CT molecular complexity index is 557. The van der Waals surface area contributed by atoms with Gasteiger partial charge in [-0.25, -0.2) is 0 Å². The molecule has 0 spiro atoms. The SMILES string of the molecule is O=C/C=C/c1cc(Cc2ccccc2)ccc1O. The summed E-state index contributed by atoms with van der Waals surface area (Å²) >= 11 is 0. The summed E-state index contributed by atoms with van der Waals surface area (Å²) < 4.78 is 0. The van der Waals surface area contributed by atoms with E-state index in [-0.39, 0.29) is 5.75 Å². The van der Waals surface area contributed by atoms with Gasteiger partial charge in [0.2, 0.25) is 0 Å². The highest BCUT2D eigenvalue weighted by Crippen LogP contribution is 2.21. The molecule has 0 bridgehead atoms. The zero-order valence-corrected chi connectivity index (χ0v) is 9.91. The predicted octanol–water partition coefficient (Wildman–Crippen LogP) is 3.20. The number of carbonyl (C=O) groups excluding carboxylic acids is 1. The minimum absolute atomic E-state index is 0.185. The largest absolute Gasteiger partial charge is 0.507 e. The molecule has 0 amide bonds. The molecule has 0 aliphatic heterocycles. The minimum atomic E-state index is 0.185. The van der Waals surface area contributed by atoms with E-state index in [0.717, 1.165) is 12.0 Å². The van der Waals surface area contributed by atoms with Crippen LogP contribution in [-0.4, -0.2) is 11.4 Å². The van der Waals surface area contributed by atoms with Gasteiger partial charge in [-0.15, -0.1) is 0 Å². The van der Waals surface area contributed by atoms with Crippen LogP contribution in [-0.2, 0) is 11.2 Å². The second kappa shape index (κ2) is 5.82. The van der Waals surface area contributed by atoms with Gasteiger partial charge in [-0.1, -0.05) is 36.4 Å². The van der Waals surface area contributed by atoms with Crippen LogP contribution in [0.5, 0.6) is 5.75 Å². The van der Waals surface area contributed by atoms with E-state index in [2.05, 4.69) is 12.1 Å². The zero-order valence-electron chi connectivity index (χ0n) is 9.91. The predicted molar refractivity (Wildman–Crippen MR) is 72.5 cm³/mol. The maximum Gasteiger partial charge on any atom is 0.142 e. The van der Waals surface area contributed by atoms with Crippen LogP contribution in [0.2, 0.25) is 0 Å². The van der Waals surface area contributed by atoms with Crippen molar-refractivity contribution in [3.8, 4) is 5.75 Å². The van der Waals surface area contributed by atoms with Crippen LogP contribution >= 0.6 is 0 Å². The average Bonchev–Trinajstić information content (AvgIpc) is 2.40. The number of hydrogen-bond donors (Lipinski definition) is 1. The van der Waals surface area contributed by atoms with E-state index in [1.54, 1.807) is 12.1 Å². The van der Waals surface area contributed by atoms with Crippen LogP contribution in [0.1, 0.15) is 16.7 Å². The van der Waals surface area contributed by atoms with Gasteiger partial charge in [0, 0.05) is 5.56 Å². The number of phenols is 1. The average molecular weight is 238 g/mol. The molecule has 0 fully saturated rings. The summed E-state index contributed by atoms with van der Waals surface area (Å²) in [6, 6.07) is 15.6. The molecular formula is C16H14O2. The van der Waals surface area contributed by atoms with E-state index < -0.39 is 0 Å². The fourth-order valence-corrected chi connectivity index (χ4v) is 1.82. The molecule has 0 unspecified atom stereocenters. The first-order valence-corrected chi connectivity index (χ1v) is 5.77. The fraction of sp³-hybridized carbons (Fsp3) is 0.0625. The number of carbonyl (C=O) groups is 1. The second-order valence-electron chi connectivity index (χ2n) is 4.05. The third-order valence-corrected chi connectivity index (χ3v) is 2.70. The lowest BCUT2D eigenvalue weighted by Gasteiger charge is -2.05. The third kappa shape index (κ3) is 3.08. The molecule has 2 nitrogen and oxygen atoms in total. The molecule has 1 N–H and O–H groups in total. The van der Waals surface area contributed by atoms with Crippen LogP contribution in [0.15, 0.2) is 54.6 Å². The first-order chi connectivity index (χ1) is 8.79. The highest BCUT2D eigenvalue weighted by atomic mass is 16.3. The van der Waals surface area contributed by atoms with Crippen LogP contribution in [0, 0.1) is 0 Å². The van der Waals surface area contributed by atoms with Crippen molar-refractivity contribution in [2.45, 2.75) is 6.42 Å². The number of benzene rings is 2. The first-order valence-electron chi connectivity index (χ1n) is 5.77. The molecule has 0 saturated heterocycles. The summed E-state index contributed by atoms with van der Waals surface area (Å²) in [7, 11) is 0. The highest BCUT2D eigenvalue weighted by Gasteiger charge is 2.01. The van der Waals surface area contributed by atoms with Crippen molar-refractivity contribution in [1.82, 2.24) is 0 Å². The van der Waals surface area contributed by atoms with Gasteiger partial charge in [-0.3, -0.25) is 4.79 Å². The quantitative estimate of drug-likeness (QED) is 0.656. The Morgan fingerprint density at radius 3 is 2.50 bits per heavy atom. The van der Waals surface area contributed by atoms with Crippen molar-refractivity contribution in [3.63, 3.8) is 0 Å². The van der Waals surface area contributed by atoms with Crippen molar-refractivity contribution in [2.24, 2.45) is 0 Å². The summed E-state index contributed by atoms with van der Waals surface area (Å²) in [4.78, 5) is 10.3. The molecule has 90 valence electrons. The standard InChI is InChI=1S/C16H14O2/c17-10-4-7-15-12-14(8-9-16(15)18)11-13-5-2-1-3-6-13/h1-10,12,18H,11H2/b7-4+. The van der Waals surface area contributed by atoms with E-state index in [4.69, 9.17) is 0 Å². The van der Waals surface area contributed by atoms with Gasteiger partial charge in [0.25, 0.3) is 0 Å². The molecule has 0 aromatic heterocycles. The topological polar surface area (TPSA) is 37.3 Å². The van der Waals surface area contributed by atoms with Gasteiger partial charge in [0.15, 0.2) is 0 Å². The smallest absolute Gasteiger partial charge is 0.142 e. The Kier molecular flexibility index (Phi) is 3.92. The normalized spacial score (nSPS) is 10.7. The molecule has 0 radical (unpaired) electrons. The highest BCUT2D eigenvalue weighted by molar-refractivity contribution is 5.75. The summed E-state index contributed by atoms with van der Waals surface area (Å²) in [6.07, 6.45) is 4.49. The lowest BCUT2D eigenvalue weighted by molar-refractivity contribution is -0.104. The maximum absolute atomic E-state index is 10.3. The van der Waals surface area contributed by atoms with Gasteiger partial charge >= 0.3 is 0 Å². The molecule has 2 aromatic rings.